The van der Waals surface area contributed by atoms with E-state index in [1.165, 1.54) is 0 Å². The average Bonchev–Trinajstić information content (AvgIpc) is 2.09. The first-order valence-electron chi connectivity index (χ1n) is 4.53. The molecule has 1 aliphatic heterocycles. The Morgan fingerprint density at radius 1 is 1.71 bits per heavy atom. The molecule has 14 heavy (non-hydrogen) atoms. The van der Waals surface area contributed by atoms with Crippen LogP contribution in [0.4, 0.5) is 0 Å². The van der Waals surface area contributed by atoms with Gasteiger partial charge in [-0.3, -0.25) is 9.59 Å². The normalized spacial score (nSPS) is 27.9. The van der Waals surface area contributed by atoms with Crippen molar-refractivity contribution in [3.63, 3.8) is 0 Å². The van der Waals surface area contributed by atoms with E-state index in [0.717, 1.165) is 0 Å². The van der Waals surface area contributed by atoms with Gasteiger partial charge in [0.05, 0.1) is 5.60 Å². The number of hydrogen-bond donors (Lipinski definition) is 1. The molecular weight excluding hydrogens is 186 g/mol. The SMILES string of the molecule is CN1CC(C)(CCC(=O)O)OCC1=O. The third-order valence-electron chi connectivity index (χ3n) is 2.41. The minimum atomic E-state index is -0.839. The van der Waals surface area contributed by atoms with Gasteiger partial charge in [-0.1, -0.05) is 0 Å². The highest BCUT2D eigenvalue weighted by molar-refractivity contribution is 5.78. The Morgan fingerprint density at radius 3 is 2.86 bits per heavy atom. The van der Waals surface area contributed by atoms with Crippen molar-refractivity contribution < 1.29 is 19.4 Å². The van der Waals surface area contributed by atoms with Crippen LogP contribution in [-0.4, -0.2) is 47.7 Å². The third kappa shape index (κ3) is 2.70. The number of carbonyl (C=O) groups excluding carboxylic acids is 1. The fraction of sp³-hybridized carbons (Fsp3) is 0.778. The van der Waals surface area contributed by atoms with Crippen LogP contribution in [0.5, 0.6) is 0 Å². The molecule has 1 fully saturated rings. The van der Waals surface area contributed by atoms with Gasteiger partial charge < -0.3 is 14.7 Å². The highest BCUT2D eigenvalue weighted by Gasteiger charge is 2.34. The molecule has 0 aromatic carbocycles. The Bertz CT molecular complexity index is 253. The standard InChI is InChI=1S/C9H15NO4/c1-9(4-3-8(12)13)6-10(2)7(11)5-14-9/h3-6H2,1-2H3,(H,12,13). The number of likely N-dealkylation sites (N-methyl/N-ethyl adjacent to an activating group) is 1. The lowest BCUT2D eigenvalue weighted by atomic mass is 9.98. The Balaban J connectivity index is 2.49. The zero-order valence-electron chi connectivity index (χ0n) is 8.45. The number of ether oxygens (including phenoxy) is 1. The summed E-state index contributed by atoms with van der Waals surface area (Å²) in [6.45, 7) is 2.34. The molecule has 0 bridgehead atoms. The van der Waals surface area contributed by atoms with Crippen LogP contribution in [0.2, 0.25) is 0 Å². The molecule has 1 atom stereocenters. The molecule has 0 aromatic rings. The second-order valence-electron chi connectivity index (χ2n) is 3.88. The molecule has 1 unspecified atom stereocenters. The van der Waals surface area contributed by atoms with E-state index in [-0.39, 0.29) is 18.9 Å². The number of hydrogen-bond acceptors (Lipinski definition) is 3. The predicted octanol–water partition coefficient (Wildman–Crippen LogP) is 0.0985. The van der Waals surface area contributed by atoms with Crippen molar-refractivity contribution in [3.8, 4) is 0 Å². The Labute approximate surface area is 82.6 Å². The van der Waals surface area contributed by atoms with E-state index in [4.69, 9.17) is 9.84 Å². The minimum Gasteiger partial charge on any atom is -0.481 e. The summed E-state index contributed by atoms with van der Waals surface area (Å²) in [5.41, 5.74) is -0.513. The van der Waals surface area contributed by atoms with Crippen LogP contribution in [0.25, 0.3) is 0 Å². The molecule has 0 radical (unpaired) electrons. The van der Waals surface area contributed by atoms with Crippen molar-refractivity contribution in [1.29, 1.82) is 0 Å². The van der Waals surface area contributed by atoms with Crippen LogP contribution < -0.4 is 0 Å². The molecular formula is C9H15NO4. The van der Waals surface area contributed by atoms with Crippen molar-refractivity contribution >= 4 is 11.9 Å². The first-order valence-corrected chi connectivity index (χ1v) is 4.53. The molecule has 0 aromatic heterocycles. The zero-order valence-corrected chi connectivity index (χ0v) is 8.45. The van der Waals surface area contributed by atoms with Gasteiger partial charge in [0.25, 0.3) is 0 Å². The molecule has 0 aliphatic carbocycles. The van der Waals surface area contributed by atoms with E-state index in [0.29, 0.717) is 13.0 Å². The monoisotopic (exact) mass is 201 g/mol. The average molecular weight is 201 g/mol. The quantitative estimate of drug-likeness (QED) is 0.703. The minimum absolute atomic E-state index is 0.0482. The van der Waals surface area contributed by atoms with Gasteiger partial charge in [-0.05, 0) is 13.3 Å². The van der Waals surface area contributed by atoms with Gasteiger partial charge >= 0.3 is 5.97 Å². The molecule has 0 spiro atoms. The van der Waals surface area contributed by atoms with Crippen LogP contribution >= 0.6 is 0 Å². The van der Waals surface area contributed by atoms with Crippen molar-refractivity contribution in [2.75, 3.05) is 20.2 Å². The maximum absolute atomic E-state index is 11.1. The molecule has 1 saturated heterocycles. The van der Waals surface area contributed by atoms with E-state index < -0.39 is 11.6 Å². The van der Waals surface area contributed by atoms with E-state index in [9.17, 15) is 9.59 Å². The number of aliphatic carboxylic acids is 1. The first kappa shape index (κ1) is 11.0. The number of morpholine rings is 1. The van der Waals surface area contributed by atoms with E-state index in [2.05, 4.69) is 0 Å². The largest absolute Gasteiger partial charge is 0.481 e. The summed E-state index contributed by atoms with van der Waals surface area (Å²) in [6, 6.07) is 0. The number of carboxylic acid groups (broad SMARTS) is 1. The van der Waals surface area contributed by atoms with Gasteiger partial charge in [0.2, 0.25) is 5.91 Å². The number of amides is 1. The lowest BCUT2D eigenvalue weighted by molar-refractivity contribution is -0.160. The maximum Gasteiger partial charge on any atom is 0.303 e. The van der Waals surface area contributed by atoms with Crippen molar-refractivity contribution in [2.45, 2.75) is 25.4 Å². The molecule has 1 heterocycles. The maximum atomic E-state index is 11.1. The second-order valence-corrected chi connectivity index (χ2v) is 3.88. The van der Waals surface area contributed by atoms with Crippen LogP contribution in [0.3, 0.4) is 0 Å². The summed E-state index contributed by atoms with van der Waals surface area (Å²) < 4.78 is 5.34. The molecule has 0 saturated carbocycles. The number of rotatable bonds is 3. The molecule has 5 nitrogen and oxygen atoms in total. The Hall–Kier alpha value is -1.10. The van der Waals surface area contributed by atoms with Crippen LogP contribution in [0.15, 0.2) is 0 Å². The van der Waals surface area contributed by atoms with Gasteiger partial charge in [0, 0.05) is 20.0 Å². The van der Waals surface area contributed by atoms with Crippen molar-refractivity contribution in [2.24, 2.45) is 0 Å². The van der Waals surface area contributed by atoms with E-state index in [1.807, 2.05) is 6.92 Å². The van der Waals surface area contributed by atoms with E-state index >= 15 is 0 Å². The predicted molar refractivity (Wildman–Crippen MR) is 48.9 cm³/mol. The van der Waals surface area contributed by atoms with Gasteiger partial charge in [-0.25, -0.2) is 0 Å². The number of carboxylic acids is 1. The summed E-state index contributed by atoms with van der Waals surface area (Å²) in [5, 5.41) is 8.54. The van der Waals surface area contributed by atoms with Crippen LogP contribution in [0.1, 0.15) is 19.8 Å². The van der Waals surface area contributed by atoms with Crippen molar-refractivity contribution in [3.05, 3.63) is 0 Å². The van der Waals surface area contributed by atoms with Gasteiger partial charge in [-0.15, -0.1) is 0 Å². The fourth-order valence-electron chi connectivity index (χ4n) is 1.50. The summed E-state index contributed by atoms with van der Waals surface area (Å²) in [7, 11) is 1.70. The highest BCUT2D eigenvalue weighted by Crippen LogP contribution is 2.22. The van der Waals surface area contributed by atoms with Gasteiger partial charge in [0.1, 0.15) is 6.61 Å². The lowest BCUT2D eigenvalue weighted by Crippen LogP contribution is -2.51. The van der Waals surface area contributed by atoms with Gasteiger partial charge in [0.15, 0.2) is 0 Å². The van der Waals surface area contributed by atoms with Crippen LogP contribution in [0, 0.1) is 0 Å². The summed E-state index contributed by atoms with van der Waals surface area (Å²) in [5.74, 6) is -0.896. The van der Waals surface area contributed by atoms with Crippen LogP contribution in [-0.2, 0) is 14.3 Å². The van der Waals surface area contributed by atoms with E-state index in [1.54, 1.807) is 11.9 Å². The Morgan fingerprint density at radius 2 is 2.36 bits per heavy atom. The topological polar surface area (TPSA) is 66.8 Å². The zero-order chi connectivity index (χ0) is 10.8. The highest BCUT2D eigenvalue weighted by atomic mass is 16.5. The summed E-state index contributed by atoms with van der Waals surface area (Å²) in [4.78, 5) is 23.1. The molecule has 1 aliphatic rings. The fourth-order valence-corrected chi connectivity index (χ4v) is 1.50. The Kier molecular flexibility index (Phi) is 3.10. The number of nitrogens with zero attached hydrogens (tertiary/aromatic N) is 1. The second kappa shape index (κ2) is 3.96. The molecule has 1 rings (SSSR count). The molecule has 80 valence electrons. The molecule has 5 heteroatoms. The third-order valence-corrected chi connectivity index (χ3v) is 2.41. The number of carbonyl (C=O) groups is 2. The summed E-state index contributed by atoms with van der Waals surface area (Å²) in [6.07, 6.45) is 0.498. The smallest absolute Gasteiger partial charge is 0.303 e. The molecule has 1 N–H and O–H groups in total. The van der Waals surface area contributed by atoms with Gasteiger partial charge in [-0.2, -0.15) is 0 Å². The van der Waals surface area contributed by atoms with Crippen molar-refractivity contribution in [1.82, 2.24) is 4.90 Å². The lowest BCUT2D eigenvalue weighted by Gasteiger charge is -2.38. The summed E-state index contributed by atoms with van der Waals surface area (Å²) >= 11 is 0. The molecule has 1 amide bonds. The first-order chi connectivity index (χ1) is 6.43.